The fraction of sp³-hybridized carbons (Fsp3) is 0.421. The monoisotopic (exact) mass is 391 g/mol. The Hall–Kier alpha value is -2.16. The van der Waals surface area contributed by atoms with Gasteiger partial charge < -0.3 is 9.73 Å². The normalized spacial score (nSPS) is 17.6. The van der Waals surface area contributed by atoms with E-state index < -0.39 is 10.0 Å². The average molecular weight is 391 g/mol. The molecule has 1 aromatic carbocycles. The van der Waals surface area contributed by atoms with E-state index >= 15 is 0 Å². The molecule has 1 aromatic heterocycles. The van der Waals surface area contributed by atoms with Gasteiger partial charge in [0.05, 0.1) is 23.7 Å². The third-order valence-electron chi connectivity index (χ3n) is 4.70. The SMILES string of the molecule is Cc1ccc(S(=O)(=O)N2CCN(CC(=O)N[C@H](C)c3ccco3)CC2)cc1. The Balaban J connectivity index is 1.51. The van der Waals surface area contributed by atoms with Gasteiger partial charge in [-0.1, -0.05) is 17.7 Å². The molecular weight excluding hydrogens is 366 g/mol. The van der Waals surface area contributed by atoms with Crippen LogP contribution in [-0.2, 0) is 14.8 Å². The van der Waals surface area contributed by atoms with Crippen molar-refractivity contribution in [2.45, 2.75) is 24.8 Å². The van der Waals surface area contributed by atoms with Crippen molar-refractivity contribution in [3.63, 3.8) is 0 Å². The Morgan fingerprint density at radius 3 is 2.41 bits per heavy atom. The summed E-state index contributed by atoms with van der Waals surface area (Å²) in [7, 11) is -3.49. The number of sulfonamides is 1. The lowest BCUT2D eigenvalue weighted by Crippen LogP contribution is -2.51. The molecule has 1 atom stereocenters. The number of nitrogens with zero attached hydrogens (tertiary/aromatic N) is 2. The van der Waals surface area contributed by atoms with Gasteiger partial charge in [-0.25, -0.2) is 8.42 Å². The molecule has 1 N–H and O–H groups in total. The van der Waals surface area contributed by atoms with Gasteiger partial charge in [-0.2, -0.15) is 4.31 Å². The van der Waals surface area contributed by atoms with Crippen LogP contribution in [0.5, 0.6) is 0 Å². The van der Waals surface area contributed by atoms with Crippen molar-refractivity contribution >= 4 is 15.9 Å². The Morgan fingerprint density at radius 1 is 1.15 bits per heavy atom. The van der Waals surface area contributed by atoms with Crippen molar-refractivity contribution in [1.82, 2.24) is 14.5 Å². The van der Waals surface area contributed by atoms with Crippen molar-refractivity contribution in [3.05, 3.63) is 54.0 Å². The quantitative estimate of drug-likeness (QED) is 0.812. The molecule has 0 saturated carbocycles. The Bertz CT molecular complexity index is 855. The largest absolute Gasteiger partial charge is 0.467 e. The second kappa shape index (κ2) is 8.24. The molecular formula is C19H25N3O4S. The predicted molar refractivity (Wildman–Crippen MR) is 102 cm³/mol. The number of hydrogen-bond acceptors (Lipinski definition) is 5. The Morgan fingerprint density at radius 2 is 1.81 bits per heavy atom. The number of piperazine rings is 1. The molecule has 0 unspecified atom stereocenters. The van der Waals surface area contributed by atoms with Crippen LogP contribution in [0.25, 0.3) is 0 Å². The smallest absolute Gasteiger partial charge is 0.243 e. The van der Waals surface area contributed by atoms with E-state index in [1.54, 1.807) is 36.6 Å². The molecule has 1 saturated heterocycles. The Labute approximate surface area is 160 Å². The van der Waals surface area contributed by atoms with Gasteiger partial charge in [0, 0.05) is 26.2 Å². The van der Waals surface area contributed by atoms with Crippen LogP contribution < -0.4 is 5.32 Å². The summed E-state index contributed by atoms with van der Waals surface area (Å²) >= 11 is 0. The lowest BCUT2D eigenvalue weighted by atomic mass is 10.2. The van der Waals surface area contributed by atoms with E-state index in [-0.39, 0.29) is 18.5 Å². The number of amides is 1. The summed E-state index contributed by atoms with van der Waals surface area (Å²) in [4.78, 5) is 14.5. The first-order chi connectivity index (χ1) is 12.9. The molecule has 1 fully saturated rings. The number of rotatable bonds is 6. The number of carbonyl (C=O) groups excluding carboxylic acids is 1. The van der Waals surface area contributed by atoms with Crippen molar-refractivity contribution in [1.29, 1.82) is 0 Å². The fourth-order valence-corrected chi connectivity index (χ4v) is 4.51. The second-order valence-corrected chi connectivity index (χ2v) is 8.74. The van der Waals surface area contributed by atoms with Gasteiger partial charge in [0.2, 0.25) is 15.9 Å². The molecule has 1 amide bonds. The molecule has 1 aliphatic heterocycles. The van der Waals surface area contributed by atoms with Gasteiger partial charge >= 0.3 is 0 Å². The highest BCUT2D eigenvalue weighted by Crippen LogP contribution is 2.18. The second-order valence-electron chi connectivity index (χ2n) is 6.80. The van der Waals surface area contributed by atoms with E-state index in [9.17, 15) is 13.2 Å². The maximum Gasteiger partial charge on any atom is 0.243 e. The molecule has 146 valence electrons. The lowest BCUT2D eigenvalue weighted by molar-refractivity contribution is -0.123. The minimum Gasteiger partial charge on any atom is -0.467 e. The fourth-order valence-electron chi connectivity index (χ4n) is 3.09. The van der Waals surface area contributed by atoms with Crippen molar-refractivity contribution in [2.24, 2.45) is 0 Å². The number of aryl methyl sites for hydroxylation is 1. The molecule has 0 spiro atoms. The summed E-state index contributed by atoms with van der Waals surface area (Å²) in [6, 6.07) is 10.3. The van der Waals surface area contributed by atoms with E-state index in [1.165, 1.54) is 4.31 Å². The van der Waals surface area contributed by atoms with Crippen LogP contribution in [-0.4, -0.2) is 56.3 Å². The van der Waals surface area contributed by atoms with E-state index in [1.807, 2.05) is 24.8 Å². The molecule has 1 aliphatic rings. The molecule has 7 nitrogen and oxygen atoms in total. The summed E-state index contributed by atoms with van der Waals surface area (Å²) < 4.78 is 32.2. The summed E-state index contributed by atoms with van der Waals surface area (Å²) in [6.07, 6.45) is 1.58. The van der Waals surface area contributed by atoms with E-state index in [0.29, 0.717) is 36.8 Å². The first kappa shape index (κ1) is 19.6. The van der Waals surface area contributed by atoms with Crippen molar-refractivity contribution in [3.8, 4) is 0 Å². The van der Waals surface area contributed by atoms with Gasteiger partial charge in [-0.3, -0.25) is 9.69 Å². The molecule has 27 heavy (non-hydrogen) atoms. The van der Waals surface area contributed by atoms with Crippen LogP contribution in [0.2, 0.25) is 0 Å². The zero-order valence-electron chi connectivity index (χ0n) is 15.6. The van der Waals surface area contributed by atoms with Crippen LogP contribution in [0.1, 0.15) is 24.3 Å². The molecule has 0 bridgehead atoms. The summed E-state index contributed by atoms with van der Waals surface area (Å²) in [5.41, 5.74) is 1.02. The van der Waals surface area contributed by atoms with Crippen LogP contribution in [0.15, 0.2) is 52.0 Å². The van der Waals surface area contributed by atoms with Crippen LogP contribution >= 0.6 is 0 Å². The number of furan rings is 1. The first-order valence-electron chi connectivity index (χ1n) is 8.98. The summed E-state index contributed by atoms with van der Waals surface area (Å²) in [6.45, 7) is 5.81. The standard InChI is InChI=1S/C19H25N3O4S/c1-15-5-7-17(8-6-15)27(24,25)22-11-9-21(10-12-22)14-19(23)20-16(2)18-4-3-13-26-18/h3-8,13,16H,9-12,14H2,1-2H3,(H,20,23)/t16-/m1/s1. The maximum atomic E-state index is 12.7. The zero-order valence-corrected chi connectivity index (χ0v) is 16.4. The highest BCUT2D eigenvalue weighted by Gasteiger charge is 2.29. The van der Waals surface area contributed by atoms with Crippen LogP contribution in [0, 0.1) is 6.92 Å². The minimum absolute atomic E-state index is 0.103. The lowest BCUT2D eigenvalue weighted by Gasteiger charge is -2.33. The molecule has 0 radical (unpaired) electrons. The van der Waals surface area contributed by atoms with E-state index in [0.717, 1.165) is 5.56 Å². The van der Waals surface area contributed by atoms with Gasteiger partial charge in [0.25, 0.3) is 0 Å². The number of hydrogen-bond donors (Lipinski definition) is 1. The first-order valence-corrected chi connectivity index (χ1v) is 10.4. The minimum atomic E-state index is -3.49. The van der Waals surface area contributed by atoms with Crippen molar-refractivity contribution in [2.75, 3.05) is 32.7 Å². The summed E-state index contributed by atoms with van der Waals surface area (Å²) in [5, 5.41) is 2.90. The number of carbonyl (C=O) groups is 1. The molecule has 8 heteroatoms. The van der Waals surface area contributed by atoms with Gasteiger partial charge in [-0.15, -0.1) is 0 Å². The highest BCUT2D eigenvalue weighted by atomic mass is 32.2. The van der Waals surface area contributed by atoms with Crippen LogP contribution in [0.4, 0.5) is 0 Å². The number of benzene rings is 1. The zero-order chi connectivity index (χ0) is 19.4. The maximum absolute atomic E-state index is 12.7. The predicted octanol–water partition coefficient (Wildman–Crippen LogP) is 1.77. The summed E-state index contributed by atoms with van der Waals surface area (Å²) in [5.74, 6) is 0.603. The molecule has 2 aromatic rings. The average Bonchev–Trinajstić information content (AvgIpc) is 3.17. The third-order valence-corrected chi connectivity index (χ3v) is 6.62. The van der Waals surface area contributed by atoms with E-state index in [4.69, 9.17) is 4.42 Å². The van der Waals surface area contributed by atoms with Crippen LogP contribution in [0.3, 0.4) is 0 Å². The molecule has 2 heterocycles. The third kappa shape index (κ3) is 4.77. The van der Waals surface area contributed by atoms with E-state index in [2.05, 4.69) is 5.32 Å². The molecule has 0 aliphatic carbocycles. The van der Waals surface area contributed by atoms with Gasteiger partial charge in [-0.05, 0) is 38.1 Å². The van der Waals surface area contributed by atoms with Gasteiger partial charge in [0.1, 0.15) is 5.76 Å². The Kier molecular flexibility index (Phi) is 5.98. The van der Waals surface area contributed by atoms with Crippen molar-refractivity contribution < 1.29 is 17.6 Å². The topological polar surface area (TPSA) is 82.9 Å². The number of nitrogens with one attached hydrogen (secondary N) is 1. The highest BCUT2D eigenvalue weighted by molar-refractivity contribution is 7.89. The van der Waals surface area contributed by atoms with Gasteiger partial charge in [0.15, 0.2) is 0 Å². The molecule has 3 rings (SSSR count).